The lowest BCUT2D eigenvalue weighted by Crippen LogP contribution is -2.49. The summed E-state index contributed by atoms with van der Waals surface area (Å²) in [5.41, 5.74) is -0.587. The van der Waals surface area contributed by atoms with E-state index in [1.54, 1.807) is 9.80 Å². The van der Waals surface area contributed by atoms with Crippen molar-refractivity contribution in [3.8, 4) is 0 Å². The number of carbonyl (C=O) groups excluding carboxylic acids is 1. The van der Waals surface area contributed by atoms with Crippen LogP contribution in [0.25, 0.3) is 0 Å². The first-order valence-electron chi connectivity index (χ1n) is 8.12. The Morgan fingerprint density at radius 3 is 2.33 bits per heavy atom. The molecule has 1 fully saturated rings. The second kappa shape index (κ2) is 6.99. The van der Waals surface area contributed by atoms with Gasteiger partial charge in [-0.2, -0.15) is 13.2 Å². The zero-order valence-corrected chi connectivity index (χ0v) is 14.4. The van der Waals surface area contributed by atoms with Crippen molar-refractivity contribution in [1.82, 2.24) is 9.88 Å². The summed E-state index contributed by atoms with van der Waals surface area (Å²) in [6.07, 6.45) is -1.87. The molecule has 2 rings (SSSR count). The lowest BCUT2D eigenvalue weighted by atomic mass is 9.90. The van der Waals surface area contributed by atoms with E-state index in [1.807, 2.05) is 0 Å². The molecule has 1 aliphatic heterocycles. The van der Waals surface area contributed by atoms with Crippen molar-refractivity contribution in [2.24, 2.45) is 5.41 Å². The number of anilines is 1. The van der Waals surface area contributed by atoms with Crippen molar-refractivity contribution in [3.63, 3.8) is 0 Å². The summed E-state index contributed by atoms with van der Waals surface area (Å²) in [7, 11) is 0. The second-order valence-corrected chi connectivity index (χ2v) is 7.33. The molecule has 0 aromatic carbocycles. The first-order valence-corrected chi connectivity index (χ1v) is 8.12. The van der Waals surface area contributed by atoms with E-state index in [1.165, 1.54) is 6.20 Å². The molecule has 0 unspecified atom stereocenters. The number of halogens is 3. The molecule has 24 heavy (non-hydrogen) atoms. The molecule has 1 saturated heterocycles. The molecule has 0 N–H and O–H groups in total. The summed E-state index contributed by atoms with van der Waals surface area (Å²) in [6.45, 7) is 8.31. The van der Waals surface area contributed by atoms with E-state index in [4.69, 9.17) is 0 Å². The van der Waals surface area contributed by atoms with Crippen molar-refractivity contribution in [3.05, 3.63) is 23.9 Å². The lowest BCUT2D eigenvalue weighted by molar-refractivity contribution is -0.137. The standard InChI is InChI=1S/C17H24F3N3O/c1-16(2,3)6-4-15(24)23-10-8-22(9-11-23)14-12-13(5-7-21-14)17(18,19)20/h5,7,12H,4,6,8-11H2,1-3H3. The second-order valence-electron chi connectivity index (χ2n) is 7.33. The van der Waals surface area contributed by atoms with Gasteiger partial charge in [-0.3, -0.25) is 4.79 Å². The Morgan fingerprint density at radius 1 is 1.17 bits per heavy atom. The minimum Gasteiger partial charge on any atom is -0.353 e. The fraction of sp³-hybridized carbons (Fsp3) is 0.647. The quantitative estimate of drug-likeness (QED) is 0.842. The molecule has 1 aliphatic rings. The lowest BCUT2D eigenvalue weighted by Gasteiger charge is -2.36. The Kier molecular flexibility index (Phi) is 5.40. The topological polar surface area (TPSA) is 36.4 Å². The van der Waals surface area contributed by atoms with E-state index in [2.05, 4.69) is 25.8 Å². The number of hydrogen-bond donors (Lipinski definition) is 0. The molecule has 1 amide bonds. The fourth-order valence-corrected chi connectivity index (χ4v) is 2.59. The number of pyridine rings is 1. The summed E-state index contributed by atoms with van der Waals surface area (Å²) in [5.74, 6) is 0.424. The van der Waals surface area contributed by atoms with Crippen LogP contribution in [0.4, 0.5) is 19.0 Å². The zero-order valence-electron chi connectivity index (χ0n) is 14.4. The monoisotopic (exact) mass is 343 g/mol. The highest BCUT2D eigenvalue weighted by Gasteiger charge is 2.31. The molecule has 1 aromatic rings. The van der Waals surface area contributed by atoms with Crippen LogP contribution >= 0.6 is 0 Å². The average molecular weight is 343 g/mol. The third-order valence-electron chi connectivity index (χ3n) is 4.12. The normalized spacial score (nSPS) is 16.4. The maximum absolute atomic E-state index is 12.8. The van der Waals surface area contributed by atoms with Crippen molar-refractivity contribution in [1.29, 1.82) is 0 Å². The van der Waals surface area contributed by atoms with Crippen LogP contribution < -0.4 is 4.90 Å². The van der Waals surface area contributed by atoms with Crippen LogP contribution in [0.1, 0.15) is 39.2 Å². The maximum Gasteiger partial charge on any atom is 0.416 e. The number of carbonyl (C=O) groups is 1. The van der Waals surface area contributed by atoms with E-state index >= 15 is 0 Å². The predicted octanol–water partition coefficient (Wildman–Crippen LogP) is 3.58. The minimum atomic E-state index is -4.37. The van der Waals surface area contributed by atoms with Gasteiger partial charge in [0, 0.05) is 38.8 Å². The molecule has 0 aliphatic carbocycles. The van der Waals surface area contributed by atoms with Gasteiger partial charge in [0.05, 0.1) is 5.56 Å². The summed E-state index contributed by atoms with van der Waals surface area (Å²) in [5, 5.41) is 0. The summed E-state index contributed by atoms with van der Waals surface area (Å²) in [4.78, 5) is 19.8. The van der Waals surface area contributed by atoms with Crippen LogP contribution in [0.2, 0.25) is 0 Å². The van der Waals surface area contributed by atoms with E-state index in [-0.39, 0.29) is 11.3 Å². The maximum atomic E-state index is 12.8. The van der Waals surface area contributed by atoms with E-state index < -0.39 is 11.7 Å². The Balaban J connectivity index is 1.92. The minimum absolute atomic E-state index is 0.111. The number of rotatable bonds is 3. The van der Waals surface area contributed by atoms with Crippen molar-refractivity contribution in [2.75, 3.05) is 31.1 Å². The fourth-order valence-electron chi connectivity index (χ4n) is 2.59. The predicted molar refractivity (Wildman–Crippen MR) is 86.7 cm³/mol. The molecule has 2 heterocycles. The van der Waals surface area contributed by atoms with Gasteiger partial charge in [0.15, 0.2) is 0 Å². The van der Waals surface area contributed by atoms with Gasteiger partial charge >= 0.3 is 6.18 Å². The third kappa shape index (κ3) is 5.11. The van der Waals surface area contributed by atoms with Gasteiger partial charge in [0.1, 0.15) is 5.82 Å². The molecule has 0 saturated carbocycles. The number of aromatic nitrogens is 1. The van der Waals surface area contributed by atoms with Gasteiger partial charge in [-0.1, -0.05) is 20.8 Å². The summed E-state index contributed by atoms with van der Waals surface area (Å²) in [6, 6.07) is 2.03. The van der Waals surface area contributed by atoms with Crippen LogP contribution in [0.15, 0.2) is 18.3 Å². The molecule has 134 valence electrons. The van der Waals surface area contributed by atoms with Crippen LogP contribution in [-0.4, -0.2) is 42.0 Å². The van der Waals surface area contributed by atoms with Gasteiger partial charge in [-0.05, 0) is 24.0 Å². The highest BCUT2D eigenvalue weighted by Crippen LogP contribution is 2.31. The average Bonchev–Trinajstić information content (AvgIpc) is 2.51. The van der Waals surface area contributed by atoms with Crippen molar-refractivity contribution < 1.29 is 18.0 Å². The molecule has 4 nitrogen and oxygen atoms in total. The van der Waals surface area contributed by atoms with Crippen LogP contribution in [0.3, 0.4) is 0 Å². The smallest absolute Gasteiger partial charge is 0.353 e. The van der Waals surface area contributed by atoms with Crippen molar-refractivity contribution >= 4 is 11.7 Å². The van der Waals surface area contributed by atoms with Gasteiger partial charge < -0.3 is 9.80 Å². The molecular weight excluding hydrogens is 319 g/mol. The number of nitrogens with zero attached hydrogens (tertiary/aromatic N) is 3. The van der Waals surface area contributed by atoms with Gasteiger partial charge in [-0.15, -0.1) is 0 Å². The van der Waals surface area contributed by atoms with Crippen LogP contribution in [0.5, 0.6) is 0 Å². The Hall–Kier alpha value is -1.79. The molecule has 1 aromatic heterocycles. The number of amides is 1. The molecule has 0 radical (unpaired) electrons. The van der Waals surface area contributed by atoms with E-state index in [0.29, 0.717) is 38.4 Å². The molecular formula is C17H24F3N3O. The molecule has 7 heteroatoms. The highest BCUT2D eigenvalue weighted by atomic mass is 19.4. The zero-order chi connectivity index (χ0) is 18.0. The molecule has 0 bridgehead atoms. The van der Waals surface area contributed by atoms with E-state index in [9.17, 15) is 18.0 Å². The molecule has 0 atom stereocenters. The van der Waals surface area contributed by atoms with Gasteiger partial charge in [0.2, 0.25) is 5.91 Å². The Morgan fingerprint density at radius 2 is 1.79 bits per heavy atom. The van der Waals surface area contributed by atoms with Gasteiger partial charge in [0.25, 0.3) is 0 Å². The first kappa shape index (κ1) is 18.5. The van der Waals surface area contributed by atoms with Crippen molar-refractivity contribution in [2.45, 2.75) is 39.8 Å². The van der Waals surface area contributed by atoms with E-state index in [0.717, 1.165) is 18.6 Å². The highest BCUT2D eigenvalue weighted by molar-refractivity contribution is 5.76. The van der Waals surface area contributed by atoms with Crippen LogP contribution in [-0.2, 0) is 11.0 Å². The molecule has 0 spiro atoms. The van der Waals surface area contributed by atoms with Gasteiger partial charge in [-0.25, -0.2) is 4.98 Å². The number of alkyl halides is 3. The Labute approximate surface area is 140 Å². The first-order chi connectivity index (χ1) is 11.1. The number of hydrogen-bond acceptors (Lipinski definition) is 3. The Bertz CT molecular complexity index is 573. The third-order valence-corrected chi connectivity index (χ3v) is 4.12. The summed E-state index contributed by atoms with van der Waals surface area (Å²) >= 11 is 0. The SMILES string of the molecule is CC(C)(C)CCC(=O)N1CCN(c2cc(C(F)(F)F)ccn2)CC1. The summed E-state index contributed by atoms with van der Waals surface area (Å²) < 4.78 is 38.4. The largest absolute Gasteiger partial charge is 0.416 e. The van der Waals surface area contributed by atoms with Crippen LogP contribution in [0, 0.1) is 5.41 Å². The number of piperazine rings is 1.